The summed E-state index contributed by atoms with van der Waals surface area (Å²) in [5, 5.41) is 0. The van der Waals surface area contributed by atoms with Crippen molar-refractivity contribution in [2.75, 3.05) is 0 Å². The maximum Gasteiger partial charge on any atom is 0.0705 e. The molecule has 1 heteroatoms. The third-order valence-electron chi connectivity index (χ3n) is 2.18. The van der Waals surface area contributed by atoms with Crippen molar-refractivity contribution in [2.24, 2.45) is 0 Å². The summed E-state index contributed by atoms with van der Waals surface area (Å²) in [4.78, 5) is 4.57. The first kappa shape index (κ1) is 11.4. The predicted molar refractivity (Wildman–Crippen MR) is 66.7 cm³/mol. The first-order valence-electron chi connectivity index (χ1n) is 5.11. The molecular formula is C14H17N. The Morgan fingerprint density at radius 2 is 2.07 bits per heavy atom. The highest BCUT2D eigenvalue weighted by molar-refractivity contribution is 5.72. The summed E-state index contributed by atoms with van der Waals surface area (Å²) in [7, 11) is 0. The van der Waals surface area contributed by atoms with E-state index in [0.29, 0.717) is 5.92 Å². The van der Waals surface area contributed by atoms with Gasteiger partial charge in [0.05, 0.1) is 5.69 Å². The van der Waals surface area contributed by atoms with E-state index < -0.39 is 0 Å². The van der Waals surface area contributed by atoms with Crippen molar-refractivity contribution in [3.8, 4) is 0 Å². The standard InChI is InChI=1S/C14H17N/c1-5-8-12(6-2)14-10-7-9-13(15-14)11(3)4/h5-11H,1-2H2,3-4H3/b12-8+. The van der Waals surface area contributed by atoms with E-state index in [0.717, 1.165) is 17.0 Å². The van der Waals surface area contributed by atoms with Gasteiger partial charge >= 0.3 is 0 Å². The Morgan fingerprint density at radius 3 is 2.60 bits per heavy atom. The largest absolute Gasteiger partial charge is 0.253 e. The number of hydrogen-bond donors (Lipinski definition) is 0. The minimum Gasteiger partial charge on any atom is -0.253 e. The van der Waals surface area contributed by atoms with Gasteiger partial charge < -0.3 is 0 Å². The molecule has 0 aliphatic carbocycles. The van der Waals surface area contributed by atoms with E-state index in [9.17, 15) is 0 Å². The highest BCUT2D eigenvalue weighted by Gasteiger charge is 2.03. The van der Waals surface area contributed by atoms with Crippen LogP contribution in [0.25, 0.3) is 5.57 Å². The van der Waals surface area contributed by atoms with Gasteiger partial charge in [-0.1, -0.05) is 51.3 Å². The van der Waals surface area contributed by atoms with Crippen molar-refractivity contribution >= 4 is 5.57 Å². The van der Waals surface area contributed by atoms with Crippen molar-refractivity contribution in [1.82, 2.24) is 4.98 Å². The van der Waals surface area contributed by atoms with Gasteiger partial charge in [-0.15, -0.1) is 0 Å². The fourth-order valence-corrected chi connectivity index (χ4v) is 1.32. The van der Waals surface area contributed by atoms with Gasteiger partial charge in [-0.2, -0.15) is 0 Å². The summed E-state index contributed by atoms with van der Waals surface area (Å²) in [6.45, 7) is 11.7. The molecule has 0 atom stereocenters. The van der Waals surface area contributed by atoms with E-state index in [1.165, 1.54) is 0 Å². The number of hydrogen-bond acceptors (Lipinski definition) is 1. The van der Waals surface area contributed by atoms with Gasteiger partial charge in [-0.3, -0.25) is 4.98 Å². The van der Waals surface area contributed by atoms with Crippen molar-refractivity contribution < 1.29 is 0 Å². The van der Waals surface area contributed by atoms with Crippen LogP contribution in [0.1, 0.15) is 31.2 Å². The van der Waals surface area contributed by atoms with Crippen molar-refractivity contribution in [3.05, 3.63) is 61.0 Å². The molecule has 0 radical (unpaired) electrons. The Labute approximate surface area is 91.9 Å². The lowest BCUT2D eigenvalue weighted by molar-refractivity contribution is 0.820. The molecule has 0 N–H and O–H groups in total. The first-order chi connectivity index (χ1) is 7.19. The maximum atomic E-state index is 4.57. The molecule has 0 bridgehead atoms. The summed E-state index contributed by atoms with van der Waals surface area (Å²) in [5.41, 5.74) is 3.06. The fraction of sp³-hybridized carbons (Fsp3) is 0.214. The number of allylic oxidation sites excluding steroid dienone is 4. The normalized spacial score (nSPS) is 11.5. The molecule has 78 valence electrons. The Bertz CT molecular complexity index is 386. The second kappa shape index (κ2) is 5.30. The second-order valence-electron chi connectivity index (χ2n) is 3.66. The number of pyridine rings is 1. The Balaban J connectivity index is 3.14. The monoisotopic (exact) mass is 199 g/mol. The molecule has 1 aromatic rings. The second-order valence-corrected chi connectivity index (χ2v) is 3.66. The highest BCUT2D eigenvalue weighted by atomic mass is 14.7. The van der Waals surface area contributed by atoms with Crippen molar-refractivity contribution in [1.29, 1.82) is 0 Å². The molecule has 1 rings (SSSR count). The molecule has 0 fully saturated rings. The fourth-order valence-electron chi connectivity index (χ4n) is 1.32. The van der Waals surface area contributed by atoms with Crippen LogP contribution < -0.4 is 0 Å². The lowest BCUT2D eigenvalue weighted by Crippen LogP contribution is -1.95. The maximum absolute atomic E-state index is 4.57. The van der Waals surface area contributed by atoms with Gasteiger partial charge in [0.25, 0.3) is 0 Å². The number of rotatable bonds is 4. The molecular weight excluding hydrogens is 182 g/mol. The molecule has 0 spiro atoms. The van der Waals surface area contributed by atoms with Crippen LogP contribution in [0.15, 0.2) is 49.6 Å². The minimum atomic E-state index is 0.444. The molecule has 15 heavy (non-hydrogen) atoms. The SMILES string of the molecule is C=C/C=C(\C=C)c1cccc(C(C)C)n1. The van der Waals surface area contributed by atoms with Crippen LogP contribution in [0.4, 0.5) is 0 Å². The summed E-state index contributed by atoms with van der Waals surface area (Å²) in [6, 6.07) is 6.06. The lowest BCUT2D eigenvalue weighted by Gasteiger charge is -2.07. The molecule has 0 amide bonds. The van der Waals surface area contributed by atoms with Crippen LogP contribution in [0.3, 0.4) is 0 Å². The highest BCUT2D eigenvalue weighted by Crippen LogP contribution is 2.17. The van der Waals surface area contributed by atoms with Gasteiger partial charge in [0, 0.05) is 5.69 Å². The minimum absolute atomic E-state index is 0.444. The van der Waals surface area contributed by atoms with Crippen LogP contribution >= 0.6 is 0 Å². The molecule has 0 saturated carbocycles. The molecule has 1 aromatic heterocycles. The van der Waals surface area contributed by atoms with E-state index in [-0.39, 0.29) is 0 Å². The molecule has 1 heterocycles. The summed E-state index contributed by atoms with van der Waals surface area (Å²) in [6.07, 6.45) is 5.47. The molecule has 0 aromatic carbocycles. The zero-order chi connectivity index (χ0) is 11.3. The summed E-state index contributed by atoms with van der Waals surface area (Å²) < 4.78 is 0. The molecule has 0 saturated heterocycles. The van der Waals surface area contributed by atoms with Crippen LogP contribution in [-0.2, 0) is 0 Å². The number of nitrogens with zero attached hydrogens (tertiary/aromatic N) is 1. The van der Waals surface area contributed by atoms with Gasteiger partial charge in [0.2, 0.25) is 0 Å². The van der Waals surface area contributed by atoms with Crippen LogP contribution in [0.2, 0.25) is 0 Å². The zero-order valence-electron chi connectivity index (χ0n) is 9.40. The van der Waals surface area contributed by atoms with Crippen molar-refractivity contribution in [2.45, 2.75) is 19.8 Å². The van der Waals surface area contributed by atoms with Gasteiger partial charge in [0.1, 0.15) is 0 Å². The topological polar surface area (TPSA) is 12.9 Å². The van der Waals surface area contributed by atoms with E-state index in [1.807, 2.05) is 24.3 Å². The van der Waals surface area contributed by atoms with Crippen LogP contribution in [0.5, 0.6) is 0 Å². The quantitative estimate of drug-likeness (QED) is 0.669. The third-order valence-corrected chi connectivity index (χ3v) is 2.18. The van der Waals surface area contributed by atoms with E-state index >= 15 is 0 Å². The molecule has 0 unspecified atom stereocenters. The van der Waals surface area contributed by atoms with Crippen LogP contribution in [-0.4, -0.2) is 4.98 Å². The molecule has 0 aliphatic heterocycles. The van der Waals surface area contributed by atoms with E-state index in [2.05, 4.69) is 32.0 Å². The Hall–Kier alpha value is -1.63. The Kier molecular flexibility index (Phi) is 4.04. The van der Waals surface area contributed by atoms with E-state index in [4.69, 9.17) is 0 Å². The summed E-state index contributed by atoms with van der Waals surface area (Å²) >= 11 is 0. The van der Waals surface area contributed by atoms with Gasteiger partial charge in [-0.25, -0.2) is 0 Å². The Morgan fingerprint density at radius 1 is 1.33 bits per heavy atom. The number of aromatic nitrogens is 1. The van der Waals surface area contributed by atoms with Crippen LogP contribution in [0, 0.1) is 0 Å². The zero-order valence-corrected chi connectivity index (χ0v) is 9.40. The van der Waals surface area contributed by atoms with Gasteiger partial charge in [-0.05, 0) is 23.6 Å². The summed E-state index contributed by atoms with van der Waals surface area (Å²) in [5.74, 6) is 0.444. The van der Waals surface area contributed by atoms with Crippen molar-refractivity contribution in [3.63, 3.8) is 0 Å². The molecule has 0 aliphatic rings. The average molecular weight is 199 g/mol. The smallest absolute Gasteiger partial charge is 0.0705 e. The molecule has 1 nitrogen and oxygen atoms in total. The van der Waals surface area contributed by atoms with Gasteiger partial charge in [0.15, 0.2) is 0 Å². The first-order valence-corrected chi connectivity index (χ1v) is 5.11. The lowest BCUT2D eigenvalue weighted by atomic mass is 10.1. The van der Waals surface area contributed by atoms with E-state index in [1.54, 1.807) is 12.2 Å². The predicted octanol–water partition coefficient (Wildman–Crippen LogP) is 3.96. The average Bonchev–Trinajstić information content (AvgIpc) is 2.26. The third kappa shape index (κ3) is 2.91.